The van der Waals surface area contributed by atoms with Gasteiger partial charge in [0, 0.05) is 5.56 Å². The van der Waals surface area contributed by atoms with E-state index in [1.807, 2.05) is 0 Å². The summed E-state index contributed by atoms with van der Waals surface area (Å²) in [6.45, 7) is -0.594. The Morgan fingerprint density at radius 2 is 1.39 bits per heavy atom. The molecule has 0 aromatic heterocycles. The molecule has 0 amide bonds. The van der Waals surface area contributed by atoms with Gasteiger partial charge in [0.15, 0.2) is 0 Å². The van der Waals surface area contributed by atoms with Gasteiger partial charge in [-0.2, -0.15) is 39.5 Å². The average molecular weight is 353 g/mol. The van der Waals surface area contributed by atoms with Gasteiger partial charge in [-0.05, 0) is 24.5 Å². The Labute approximate surface area is 124 Å². The molecule has 23 heavy (non-hydrogen) atoms. The summed E-state index contributed by atoms with van der Waals surface area (Å²) in [6, 6.07) is 2.68. The molecule has 0 unspecified atom stereocenters. The first kappa shape index (κ1) is 19.6. The maximum atomic E-state index is 13.7. The molecule has 1 radical (unpaired) electrons. The molecule has 131 valence electrons. The molecule has 0 aliphatic carbocycles. The van der Waals surface area contributed by atoms with E-state index in [-0.39, 0.29) is 18.4 Å². The Bertz CT molecular complexity index is 536. The molecule has 0 saturated carbocycles. The monoisotopic (exact) mass is 353 g/mol. The highest BCUT2D eigenvalue weighted by Gasteiger charge is 2.81. The zero-order valence-corrected chi connectivity index (χ0v) is 11.2. The Balaban J connectivity index is 3.29. The molecule has 1 nitrogen and oxygen atoms in total. The Morgan fingerprint density at radius 3 is 1.87 bits per heavy atom. The lowest BCUT2D eigenvalue weighted by atomic mass is 9.94. The molecule has 0 aliphatic heterocycles. The number of alkyl halides is 9. The van der Waals surface area contributed by atoms with E-state index >= 15 is 0 Å². The van der Waals surface area contributed by atoms with Gasteiger partial charge in [-0.25, -0.2) is 5.11 Å². The van der Waals surface area contributed by atoms with Gasteiger partial charge >= 0.3 is 23.9 Å². The van der Waals surface area contributed by atoms with Crippen LogP contribution < -0.4 is 0 Å². The minimum Gasteiger partial charge on any atom is -0.237 e. The summed E-state index contributed by atoms with van der Waals surface area (Å²) in [6.07, 6.45) is -6.99. The van der Waals surface area contributed by atoms with Gasteiger partial charge in [0.05, 0.1) is 6.61 Å². The molecule has 0 heterocycles. The lowest BCUT2D eigenvalue weighted by molar-refractivity contribution is -0.399. The fourth-order valence-corrected chi connectivity index (χ4v) is 1.75. The van der Waals surface area contributed by atoms with E-state index in [9.17, 15) is 44.6 Å². The number of rotatable bonds is 6. The first-order chi connectivity index (χ1) is 10.3. The van der Waals surface area contributed by atoms with Crippen LogP contribution in [0.2, 0.25) is 0 Å². The number of hydrogen-bond donors (Lipinski definition) is 0. The molecular formula is C13H10F9O. The second kappa shape index (κ2) is 6.21. The van der Waals surface area contributed by atoms with E-state index in [0.29, 0.717) is 12.1 Å². The van der Waals surface area contributed by atoms with E-state index in [4.69, 9.17) is 0 Å². The largest absolute Gasteiger partial charge is 0.460 e. The van der Waals surface area contributed by atoms with Crippen LogP contribution in [-0.4, -0.2) is 24.6 Å². The fourth-order valence-electron chi connectivity index (χ4n) is 1.75. The lowest BCUT2D eigenvalue weighted by Crippen LogP contribution is -2.59. The molecule has 0 bridgehead atoms. The van der Waals surface area contributed by atoms with Crippen molar-refractivity contribution in [1.29, 1.82) is 0 Å². The number of aryl methyl sites for hydroxylation is 1. The van der Waals surface area contributed by atoms with Gasteiger partial charge < -0.3 is 0 Å². The van der Waals surface area contributed by atoms with E-state index in [2.05, 4.69) is 0 Å². The van der Waals surface area contributed by atoms with Crippen LogP contribution in [-0.2, 0) is 17.4 Å². The summed E-state index contributed by atoms with van der Waals surface area (Å²) in [5, 5.41) is 10.3. The third-order valence-electron chi connectivity index (χ3n) is 3.04. The van der Waals surface area contributed by atoms with Gasteiger partial charge in [0.2, 0.25) is 0 Å². The van der Waals surface area contributed by atoms with Crippen molar-refractivity contribution in [3.8, 4) is 0 Å². The van der Waals surface area contributed by atoms with Crippen molar-refractivity contribution in [1.82, 2.24) is 0 Å². The summed E-state index contributed by atoms with van der Waals surface area (Å²) >= 11 is 0. The highest BCUT2D eigenvalue weighted by molar-refractivity contribution is 5.29. The molecule has 1 aromatic carbocycles. The van der Waals surface area contributed by atoms with Crippen LogP contribution in [0.15, 0.2) is 24.3 Å². The predicted octanol–water partition coefficient (Wildman–Crippen LogP) is 4.97. The van der Waals surface area contributed by atoms with Gasteiger partial charge in [0.1, 0.15) is 0 Å². The number of benzene rings is 1. The summed E-state index contributed by atoms with van der Waals surface area (Å²) in [4.78, 5) is 0. The van der Waals surface area contributed by atoms with E-state index < -0.39 is 36.1 Å². The molecule has 1 aromatic rings. The Morgan fingerprint density at radius 1 is 0.826 bits per heavy atom. The van der Waals surface area contributed by atoms with Crippen molar-refractivity contribution in [2.75, 3.05) is 6.61 Å². The average Bonchev–Trinajstić information content (AvgIpc) is 2.43. The summed E-state index contributed by atoms with van der Waals surface area (Å²) < 4.78 is 116. The highest BCUT2D eigenvalue weighted by Crippen LogP contribution is 2.56. The smallest absolute Gasteiger partial charge is 0.237 e. The standard InChI is InChI=1S/C13H10F9O/c14-10(15,11(16,17)12(18,19)13(20,21)22)9-5-1-3-8(7-9)4-2-6-23/h1,3,5,7H,2,4,6H2. The molecule has 0 aliphatic rings. The zero-order chi connectivity index (χ0) is 18.1. The van der Waals surface area contributed by atoms with Crippen LogP contribution in [0.25, 0.3) is 0 Å². The maximum Gasteiger partial charge on any atom is 0.460 e. The van der Waals surface area contributed by atoms with E-state index in [1.54, 1.807) is 0 Å². The molecule has 0 N–H and O–H groups in total. The summed E-state index contributed by atoms with van der Waals surface area (Å²) in [5.74, 6) is -19.4. The minimum atomic E-state index is -6.92. The number of hydrogen-bond acceptors (Lipinski definition) is 0. The van der Waals surface area contributed by atoms with Crippen molar-refractivity contribution in [2.24, 2.45) is 0 Å². The summed E-state index contributed by atoms with van der Waals surface area (Å²) in [5.41, 5.74) is -1.74. The van der Waals surface area contributed by atoms with E-state index in [0.717, 1.165) is 12.1 Å². The van der Waals surface area contributed by atoms with E-state index in [1.165, 1.54) is 0 Å². The van der Waals surface area contributed by atoms with Crippen LogP contribution >= 0.6 is 0 Å². The van der Waals surface area contributed by atoms with Crippen molar-refractivity contribution in [3.63, 3.8) is 0 Å². The van der Waals surface area contributed by atoms with Gasteiger partial charge in [-0.1, -0.05) is 18.2 Å². The predicted molar refractivity (Wildman–Crippen MR) is 60.2 cm³/mol. The Kier molecular flexibility index (Phi) is 5.30. The van der Waals surface area contributed by atoms with Crippen molar-refractivity contribution in [2.45, 2.75) is 36.8 Å². The topological polar surface area (TPSA) is 19.9 Å². The molecular weight excluding hydrogens is 343 g/mol. The highest BCUT2D eigenvalue weighted by atomic mass is 19.4. The first-order valence-corrected chi connectivity index (χ1v) is 6.16. The molecule has 1 rings (SSSR count). The summed E-state index contributed by atoms with van der Waals surface area (Å²) in [7, 11) is 0. The van der Waals surface area contributed by atoms with Crippen LogP contribution in [0.4, 0.5) is 39.5 Å². The SMILES string of the molecule is [O]CCCc1cccc(C(F)(F)C(F)(F)C(F)(F)C(F)(F)F)c1. The quantitative estimate of drug-likeness (QED) is 0.644. The van der Waals surface area contributed by atoms with Crippen LogP contribution in [0.3, 0.4) is 0 Å². The Hall–Kier alpha value is -1.45. The van der Waals surface area contributed by atoms with Crippen molar-refractivity contribution < 1.29 is 44.6 Å². The fraction of sp³-hybridized carbons (Fsp3) is 0.538. The normalized spacial score (nSPS) is 14.2. The minimum absolute atomic E-state index is 0.0376. The van der Waals surface area contributed by atoms with Crippen LogP contribution in [0.1, 0.15) is 17.5 Å². The number of halogens is 9. The molecule has 10 heteroatoms. The van der Waals surface area contributed by atoms with Gasteiger partial charge in [0.25, 0.3) is 0 Å². The second-order valence-electron chi connectivity index (χ2n) is 4.73. The molecule has 0 atom stereocenters. The third kappa shape index (κ3) is 3.41. The molecule has 0 fully saturated rings. The van der Waals surface area contributed by atoms with Gasteiger partial charge in [-0.3, -0.25) is 0 Å². The maximum absolute atomic E-state index is 13.7. The van der Waals surface area contributed by atoms with Crippen LogP contribution in [0.5, 0.6) is 0 Å². The van der Waals surface area contributed by atoms with Crippen molar-refractivity contribution in [3.05, 3.63) is 35.4 Å². The third-order valence-corrected chi connectivity index (χ3v) is 3.04. The molecule has 0 spiro atoms. The first-order valence-electron chi connectivity index (χ1n) is 6.16. The lowest BCUT2D eigenvalue weighted by Gasteiger charge is -2.33. The van der Waals surface area contributed by atoms with Gasteiger partial charge in [-0.15, -0.1) is 0 Å². The zero-order valence-electron chi connectivity index (χ0n) is 11.2. The van der Waals surface area contributed by atoms with Crippen LogP contribution in [0, 0.1) is 0 Å². The second-order valence-corrected chi connectivity index (χ2v) is 4.73. The molecule has 0 saturated heterocycles. The van der Waals surface area contributed by atoms with Crippen molar-refractivity contribution >= 4 is 0 Å².